The first-order valence-corrected chi connectivity index (χ1v) is 7.17. The number of hydrogen-bond donors (Lipinski definition) is 1. The van der Waals surface area contributed by atoms with Gasteiger partial charge in [-0.05, 0) is 30.7 Å². The van der Waals surface area contributed by atoms with Crippen molar-refractivity contribution < 1.29 is 19.4 Å². The van der Waals surface area contributed by atoms with Gasteiger partial charge in [-0.3, -0.25) is 4.79 Å². The van der Waals surface area contributed by atoms with Crippen LogP contribution >= 0.6 is 11.3 Å². The van der Waals surface area contributed by atoms with E-state index in [9.17, 15) is 9.59 Å². The van der Waals surface area contributed by atoms with E-state index in [4.69, 9.17) is 9.84 Å². The van der Waals surface area contributed by atoms with Crippen LogP contribution in [-0.4, -0.2) is 47.7 Å². The van der Waals surface area contributed by atoms with Gasteiger partial charge in [0.05, 0.1) is 11.7 Å². The standard InChI is InChI=1S/C13H17NO4S/c1-9-7-19-8-11(9)13(17)14-4-2-10(3-5-14)18-6-12(15)16/h7-8,10H,2-6H2,1H3,(H,15,16). The van der Waals surface area contributed by atoms with E-state index in [-0.39, 0.29) is 18.6 Å². The van der Waals surface area contributed by atoms with Gasteiger partial charge < -0.3 is 14.7 Å². The molecule has 0 aliphatic carbocycles. The number of amides is 1. The van der Waals surface area contributed by atoms with Gasteiger partial charge in [-0.1, -0.05) is 0 Å². The van der Waals surface area contributed by atoms with Gasteiger partial charge in [0.1, 0.15) is 6.61 Å². The van der Waals surface area contributed by atoms with Crippen LogP contribution in [0.3, 0.4) is 0 Å². The Morgan fingerprint density at radius 1 is 1.42 bits per heavy atom. The maximum atomic E-state index is 12.3. The molecule has 6 heteroatoms. The maximum absolute atomic E-state index is 12.3. The van der Waals surface area contributed by atoms with Crippen molar-refractivity contribution >= 4 is 23.2 Å². The lowest BCUT2D eigenvalue weighted by Gasteiger charge is -2.31. The first-order valence-electron chi connectivity index (χ1n) is 6.23. The van der Waals surface area contributed by atoms with Crippen LogP contribution in [0, 0.1) is 6.92 Å². The first kappa shape index (κ1) is 14.0. The molecule has 1 aromatic heterocycles. The summed E-state index contributed by atoms with van der Waals surface area (Å²) in [5, 5.41) is 12.4. The molecule has 0 bridgehead atoms. The van der Waals surface area contributed by atoms with Crippen LogP contribution in [0.1, 0.15) is 28.8 Å². The summed E-state index contributed by atoms with van der Waals surface area (Å²) in [5.74, 6) is -0.886. The van der Waals surface area contributed by atoms with Crippen LogP contribution in [0.5, 0.6) is 0 Å². The smallest absolute Gasteiger partial charge is 0.329 e. The molecule has 1 fully saturated rings. The number of carbonyl (C=O) groups is 2. The number of thiophene rings is 1. The molecule has 19 heavy (non-hydrogen) atoms. The van der Waals surface area contributed by atoms with E-state index >= 15 is 0 Å². The number of nitrogens with zero attached hydrogens (tertiary/aromatic N) is 1. The van der Waals surface area contributed by atoms with Gasteiger partial charge in [-0.15, -0.1) is 0 Å². The van der Waals surface area contributed by atoms with Gasteiger partial charge in [0, 0.05) is 18.5 Å². The number of hydrogen-bond acceptors (Lipinski definition) is 4. The molecule has 1 aliphatic rings. The Morgan fingerprint density at radius 2 is 2.11 bits per heavy atom. The Bertz CT molecular complexity index is 463. The van der Waals surface area contributed by atoms with Crippen LogP contribution < -0.4 is 0 Å². The minimum absolute atomic E-state index is 0.0521. The third-order valence-corrected chi connectivity index (χ3v) is 4.12. The minimum Gasteiger partial charge on any atom is -0.480 e. The number of rotatable bonds is 4. The van der Waals surface area contributed by atoms with Crippen molar-refractivity contribution in [3.05, 3.63) is 21.9 Å². The number of carbonyl (C=O) groups excluding carboxylic acids is 1. The molecule has 1 amide bonds. The predicted octanol–water partition coefficient (Wildman–Crippen LogP) is 1.76. The van der Waals surface area contributed by atoms with E-state index in [2.05, 4.69) is 0 Å². The van der Waals surface area contributed by atoms with E-state index in [0.29, 0.717) is 25.9 Å². The molecule has 0 spiro atoms. The largest absolute Gasteiger partial charge is 0.480 e. The third kappa shape index (κ3) is 3.54. The molecule has 1 N–H and O–H groups in total. The minimum atomic E-state index is -0.951. The lowest BCUT2D eigenvalue weighted by atomic mass is 10.1. The van der Waals surface area contributed by atoms with Gasteiger partial charge in [-0.2, -0.15) is 11.3 Å². The van der Waals surface area contributed by atoms with Crippen molar-refractivity contribution in [2.75, 3.05) is 19.7 Å². The normalized spacial score (nSPS) is 16.6. The summed E-state index contributed by atoms with van der Waals surface area (Å²) >= 11 is 1.53. The molecule has 0 atom stereocenters. The lowest BCUT2D eigenvalue weighted by molar-refractivity contribution is -0.145. The van der Waals surface area contributed by atoms with Crippen LogP contribution in [0.25, 0.3) is 0 Å². The Kier molecular flexibility index (Phi) is 4.55. The van der Waals surface area contributed by atoms with Crippen LogP contribution in [0.15, 0.2) is 10.8 Å². The van der Waals surface area contributed by atoms with Crippen LogP contribution in [-0.2, 0) is 9.53 Å². The lowest BCUT2D eigenvalue weighted by Crippen LogP contribution is -2.41. The van der Waals surface area contributed by atoms with Gasteiger partial charge in [-0.25, -0.2) is 4.79 Å². The summed E-state index contributed by atoms with van der Waals surface area (Å²) < 4.78 is 5.25. The highest BCUT2D eigenvalue weighted by Gasteiger charge is 2.25. The zero-order valence-corrected chi connectivity index (χ0v) is 11.6. The molecule has 1 aromatic rings. The molecule has 1 saturated heterocycles. The first-order chi connectivity index (χ1) is 9.08. The molecule has 2 heterocycles. The number of aliphatic carboxylic acids is 1. The second-order valence-corrected chi connectivity index (χ2v) is 5.41. The molecule has 104 valence electrons. The summed E-state index contributed by atoms with van der Waals surface area (Å²) in [6.07, 6.45) is 1.34. The van der Waals surface area contributed by atoms with Crippen molar-refractivity contribution in [2.45, 2.75) is 25.9 Å². The Balaban J connectivity index is 1.85. The van der Waals surface area contributed by atoms with Gasteiger partial charge in [0.15, 0.2) is 0 Å². The van der Waals surface area contributed by atoms with Crippen LogP contribution in [0.4, 0.5) is 0 Å². The Morgan fingerprint density at radius 3 is 2.63 bits per heavy atom. The fourth-order valence-corrected chi connectivity index (χ4v) is 2.99. The summed E-state index contributed by atoms with van der Waals surface area (Å²) in [5.41, 5.74) is 1.79. The molecular weight excluding hydrogens is 266 g/mol. The van der Waals surface area contributed by atoms with Gasteiger partial charge in [0.25, 0.3) is 5.91 Å². The van der Waals surface area contributed by atoms with Gasteiger partial charge in [0.2, 0.25) is 0 Å². The second kappa shape index (κ2) is 6.16. The zero-order chi connectivity index (χ0) is 13.8. The van der Waals surface area contributed by atoms with E-state index in [1.54, 1.807) is 0 Å². The van der Waals surface area contributed by atoms with Crippen molar-refractivity contribution in [1.82, 2.24) is 4.90 Å². The van der Waals surface area contributed by atoms with Crippen LogP contribution in [0.2, 0.25) is 0 Å². The number of likely N-dealkylation sites (tertiary alicyclic amines) is 1. The highest BCUT2D eigenvalue weighted by molar-refractivity contribution is 7.08. The summed E-state index contributed by atoms with van der Waals surface area (Å²) in [4.78, 5) is 24.5. The van der Waals surface area contributed by atoms with Crippen molar-refractivity contribution in [3.63, 3.8) is 0 Å². The van der Waals surface area contributed by atoms with Crippen molar-refractivity contribution in [2.24, 2.45) is 0 Å². The highest BCUT2D eigenvalue weighted by atomic mass is 32.1. The second-order valence-electron chi connectivity index (χ2n) is 4.66. The number of piperidine rings is 1. The molecule has 0 saturated carbocycles. The number of carboxylic acids is 1. The summed E-state index contributed by atoms with van der Waals surface area (Å²) in [6, 6.07) is 0. The molecular formula is C13H17NO4S. The summed E-state index contributed by atoms with van der Waals surface area (Å²) in [7, 11) is 0. The van der Waals surface area contributed by atoms with Crippen molar-refractivity contribution in [3.8, 4) is 0 Å². The number of carboxylic acid groups (broad SMARTS) is 1. The fraction of sp³-hybridized carbons (Fsp3) is 0.538. The third-order valence-electron chi connectivity index (χ3n) is 3.26. The Labute approximate surface area is 115 Å². The number of aryl methyl sites for hydroxylation is 1. The average molecular weight is 283 g/mol. The molecule has 2 rings (SSSR count). The quantitative estimate of drug-likeness (QED) is 0.914. The predicted molar refractivity (Wildman–Crippen MR) is 71.6 cm³/mol. The van der Waals surface area contributed by atoms with E-state index < -0.39 is 5.97 Å². The summed E-state index contributed by atoms with van der Waals surface area (Å²) in [6.45, 7) is 2.92. The molecule has 1 aliphatic heterocycles. The topological polar surface area (TPSA) is 66.8 Å². The highest BCUT2D eigenvalue weighted by Crippen LogP contribution is 2.20. The molecule has 5 nitrogen and oxygen atoms in total. The fourth-order valence-electron chi connectivity index (χ4n) is 2.16. The molecule has 0 radical (unpaired) electrons. The van der Waals surface area contributed by atoms with Gasteiger partial charge >= 0.3 is 5.97 Å². The zero-order valence-electron chi connectivity index (χ0n) is 10.8. The van der Waals surface area contributed by atoms with E-state index in [1.807, 2.05) is 22.6 Å². The SMILES string of the molecule is Cc1cscc1C(=O)N1CCC(OCC(=O)O)CC1. The maximum Gasteiger partial charge on any atom is 0.329 e. The monoisotopic (exact) mass is 283 g/mol. The van der Waals surface area contributed by atoms with E-state index in [0.717, 1.165) is 11.1 Å². The van der Waals surface area contributed by atoms with Crippen molar-refractivity contribution in [1.29, 1.82) is 0 Å². The average Bonchev–Trinajstić information content (AvgIpc) is 2.82. The molecule has 0 unspecified atom stereocenters. The number of ether oxygens (including phenoxy) is 1. The molecule has 0 aromatic carbocycles. The van der Waals surface area contributed by atoms with E-state index in [1.165, 1.54) is 11.3 Å². The Hall–Kier alpha value is -1.40.